The summed E-state index contributed by atoms with van der Waals surface area (Å²) in [6, 6.07) is 0.253. The molecule has 1 rings (SSSR count). The van der Waals surface area contributed by atoms with Crippen LogP contribution in [0.1, 0.15) is 33.6 Å². The number of rotatable bonds is 3. The molecule has 1 fully saturated rings. The molecule has 98 valence electrons. The topological polar surface area (TPSA) is 67.9 Å². The zero-order valence-electron chi connectivity index (χ0n) is 11.0. The molecule has 1 saturated heterocycles. The lowest BCUT2D eigenvalue weighted by Gasteiger charge is -2.29. The van der Waals surface area contributed by atoms with Gasteiger partial charge < -0.3 is 15.4 Å². The Bertz CT molecular complexity index is 281. The SMILES string of the molecule is CCOC(=O)N1CCC(N=C(N)C(C)C)CC1. The molecular weight excluding hydrogens is 218 g/mol. The average molecular weight is 241 g/mol. The molecule has 1 amide bonds. The van der Waals surface area contributed by atoms with E-state index in [-0.39, 0.29) is 18.1 Å². The third kappa shape index (κ3) is 4.24. The van der Waals surface area contributed by atoms with Crippen LogP contribution in [0, 0.1) is 5.92 Å². The van der Waals surface area contributed by atoms with Gasteiger partial charge in [-0.15, -0.1) is 0 Å². The minimum absolute atomic E-state index is 0.216. The molecule has 0 bridgehead atoms. The Kier molecular flexibility index (Phi) is 5.25. The van der Waals surface area contributed by atoms with Crippen LogP contribution in [-0.4, -0.2) is 42.6 Å². The van der Waals surface area contributed by atoms with Gasteiger partial charge in [-0.2, -0.15) is 0 Å². The minimum atomic E-state index is -0.216. The molecular formula is C12H23N3O2. The van der Waals surface area contributed by atoms with Gasteiger partial charge in [0.15, 0.2) is 0 Å². The molecule has 5 heteroatoms. The van der Waals surface area contributed by atoms with E-state index in [0.717, 1.165) is 12.8 Å². The third-order valence-corrected chi connectivity index (χ3v) is 2.91. The van der Waals surface area contributed by atoms with Crippen molar-refractivity contribution >= 4 is 11.9 Å². The summed E-state index contributed by atoms with van der Waals surface area (Å²) in [6.45, 7) is 7.73. The highest BCUT2D eigenvalue weighted by Crippen LogP contribution is 2.15. The van der Waals surface area contributed by atoms with Gasteiger partial charge in [0.2, 0.25) is 0 Å². The highest BCUT2D eigenvalue weighted by atomic mass is 16.6. The van der Waals surface area contributed by atoms with E-state index in [2.05, 4.69) is 4.99 Å². The third-order valence-electron chi connectivity index (χ3n) is 2.91. The Morgan fingerprint density at radius 1 is 1.47 bits per heavy atom. The van der Waals surface area contributed by atoms with Gasteiger partial charge in [0, 0.05) is 19.0 Å². The fourth-order valence-corrected chi connectivity index (χ4v) is 1.75. The Hall–Kier alpha value is -1.26. The number of hydrogen-bond donors (Lipinski definition) is 1. The minimum Gasteiger partial charge on any atom is -0.450 e. The number of nitrogens with two attached hydrogens (primary N) is 1. The molecule has 0 unspecified atom stereocenters. The fraction of sp³-hybridized carbons (Fsp3) is 0.833. The van der Waals surface area contributed by atoms with E-state index in [1.807, 2.05) is 20.8 Å². The fourth-order valence-electron chi connectivity index (χ4n) is 1.75. The molecule has 5 nitrogen and oxygen atoms in total. The van der Waals surface area contributed by atoms with E-state index < -0.39 is 0 Å². The van der Waals surface area contributed by atoms with Gasteiger partial charge in [0.25, 0.3) is 0 Å². The van der Waals surface area contributed by atoms with Crippen molar-refractivity contribution in [2.24, 2.45) is 16.6 Å². The van der Waals surface area contributed by atoms with E-state index >= 15 is 0 Å². The summed E-state index contributed by atoms with van der Waals surface area (Å²) < 4.78 is 4.96. The van der Waals surface area contributed by atoms with Gasteiger partial charge in [0.05, 0.1) is 18.5 Å². The first-order valence-electron chi connectivity index (χ1n) is 6.29. The van der Waals surface area contributed by atoms with Crippen molar-refractivity contribution in [3.05, 3.63) is 0 Å². The van der Waals surface area contributed by atoms with E-state index in [1.165, 1.54) is 0 Å². The monoisotopic (exact) mass is 241 g/mol. The molecule has 0 spiro atoms. The summed E-state index contributed by atoms with van der Waals surface area (Å²) >= 11 is 0. The zero-order valence-corrected chi connectivity index (χ0v) is 11.0. The van der Waals surface area contributed by atoms with Crippen molar-refractivity contribution < 1.29 is 9.53 Å². The maximum Gasteiger partial charge on any atom is 0.409 e. The van der Waals surface area contributed by atoms with Crippen LogP contribution >= 0.6 is 0 Å². The summed E-state index contributed by atoms with van der Waals surface area (Å²) in [5, 5.41) is 0. The van der Waals surface area contributed by atoms with Crippen molar-refractivity contribution in [2.75, 3.05) is 19.7 Å². The van der Waals surface area contributed by atoms with E-state index in [0.29, 0.717) is 25.5 Å². The van der Waals surface area contributed by atoms with E-state index in [9.17, 15) is 4.79 Å². The molecule has 1 aliphatic rings. The smallest absolute Gasteiger partial charge is 0.409 e. The molecule has 0 aromatic heterocycles. The van der Waals surface area contributed by atoms with Crippen molar-refractivity contribution in [1.82, 2.24) is 4.90 Å². The van der Waals surface area contributed by atoms with Gasteiger partial charge >= 0.3 is 6.09 Å². The molecule has 1 aliphatic heterocycles. The predicted molar refractivity (Wildman–Crippen MR) is 68.1 cm³/mol. The second-order valence-corrected chi connectivity index (χ2v) is 4.63. The van der Waals surface area contributed by atoms with Crippen LogP contribution in [-0.2, 0) is 4.74 Å². The Morgan fingerprint density at radius 2 is 2.06 bits per heavy atom. The molecule has 0 aliphatic carbocycles. The van der Waals surface area contributed by atoms with Gasteiger partial charge in [-0.3, -0.25) is 4.99 Å². The molecule has 0 atom stereocenters. The van der Waals surface area contributed by atoms with Crippen molar-refractivity contribution in [3.8, 4) is 0 Å². The summed E-state index contributed by atoms with van der Waals surface area (Å²) in [5.41, 5.74) is 5.83. The standard InChI is InChI=1S/C12H23N3O2/c1-4-17-12(16)15-7-5-10(6-8-15)14-11(13)9(2)3/h9-10H,4-8H2,1-3H3,(H2,13,14). The van der Waals surface area contributed by atoms with Crippen LogP contribution in [0.3, 0.4) is 0 Å². The van der Waals surface area contributed by atoms with E-state index in [1.54, 1.807) is 4.90 Å². The zero-order chi connectivity index (χ0) is 12.8. The number of carbonyl (C=O) groups excluding carboxylic acids is 1. The highest BCUT2D eigenvalue weighted by Gasteiger charge is 2.23. The first kappa shape index (κ1) is 13.8. The summed E-state index contributed by atoms with van der Waals surface area (Å²) in [5.74, 6) is 0.998. The number of likely N-dealkylation sites (tertiary alicyclic amines) is 1. The lowest BCUT2D eigenvalue weighted by atomic mass is 10.1. The first-order chi connectivity index (χ1) is 8.04. The van der Waals surface area contributed by atoms with Crippen molar-refractivity contribution in [1.29, 1.82) is 0 Å². The van der Waals surface area contributed by atoms with Crippen molar-refractivity contribution in [3.63, 3.8) is 0 Å². The summed E-state index contributed by atoms with van der Waals surface area (Å²) in [4.78, 5) is 17.7. The van der Waals surface area contributed by atoms with Gasteiger partial charge in [0.1, 0.15) is 0 Å². The maximum absolute atomic E-state index is 11.5. The number of hydrogen-bond acceptors (Lipinski definition) is 3. The summed E-state index contributed by atoms with van der Waals surface area (Å²) in [7, 11) is 0. The van der Waals surface area contributed by atoms with Gasteiger partial charge in [-0.25, -0.2) is 4.79 Å². The molecule has 0 aromatic rings. The Morgan fingerprint density at radius 3 is 2.53 bits per heavy atom. The van der Waals surface area contributed by atoms with Crippen LogP contribution in [0.15, 0.2) is 4.99 Å². The van der Waals surface area contributed by atoms with Crippen LogP contribution in [0.4, 0.5) is 4.79 Å². The van der Waals surface area contributed by atoms with Crippen molar-refractivity contribution in [2.45, 2.75) is 39.7 Å². The molecule has 0 aromatic carbocycles. The van der Waals surface area contributed by atoms with E-state index in [4.69, 9.17) is 10.5 Å². The van der Waals surface area contributed by atoms with Crippen LogP contribution in [0.2, 0.25) is 0 Å². The molecule has 17 heavy (non-hydrogen) atoms. The quantitative estimate of drug-likeness (QED) is 0.603. The largest absolute Gasteiger partial charge is 0.450 e. The van der Waals surface area contributed by atoms with Gasteiger partial charge in [-0.05, 0) is 19.8 Å². The number of aliphatic imine (C=N–C) groups is 1. The summed E-state index contributed by atoms with van der Waals surface area (Å²) in [6.07, 6.45) is 1.52. The van der Waals surface area contributed by atoms with Crippen LogP contribution in [0.5, 0.6) is 0 Å². The van der Waals surface area contributed by atoms with Crippen LogP contribution < -0.4 is 5.73 Å². The first-order valence-corrected chi connectivity index (χ1v) is 6.29. The molecule has 0 radical (unpaired) electrons. The number of carbonyl (C=O) groups is 1. The number of amidine groups is 1. The highest BCUT2D eigenvalue weighted by molar-refractivity contribution is 5.82. The second kappa shape index (κ2) is 6.47. The lowest BCUT2D eigenvalue weighted by molar-refractivity contribution is 0.0975. The molecule has 1 heterocycles. The van der Waals surface area contributed by atoms with Crippen LogP contribution in [0.25, 0.3) is 0 Å². The number of ether oxygens (including phenoxy) is 1. The normalized spacial score (nSPS) is 18.6. The predicted octanol–water partition coefficient (Wildman–Crippen LogP) is 1.62. The number of amides is 1. The Balaban J connectivity index is 2.41. The molecule has 0 saturated carbocycles. The van der Waals surface area contributed by atoms with Gasteiger partial charge in [-0.1, -0.05) is 13.8 Å². The maximum atomic E-state index is 11.5. The number of nitrogens with zero attached hydrogens (tertiary/aromatic N) is 2. The second-order valence-electron chi connectivity index (χ2n) is 4.63. The average Bonchev–Trinajstić information content (AvgIpc) is 2.30. The lowest BCUT2D eigenvalue weighted by Crippen LogP contribution is -2.40. The molecule has 2 N–H and O–H groups in total. The number of piperidine rings is 1. The Labute approximate surface area is 103 Å².